The normalized spacial score (nSPS) is 11.1. The van der Waals surface area contributed by atoms with Gasteiger partial charge >= 0.3 is 6.36 Å². The Bertz CT molecular complexity index is 216. The lowest BCUT2D eigenvalue weighted by atomic mass is 10.3. The van der Waals surface area contributed by atoms with Gasteiger partial charge in [0.1, 0.15) is 6.09 Å². The SMILES string of the molecule is O=C([O-])NC(=O)CCCOC(F)(F)F. The molecule has 82 valence electrons. The monoisotopic (exact) mass is 214 g/mol. The van der Waals surface area contributed by atoms with Crippen molar-refractivity contribution >= 4 is 12.0 Å². The number of imide groups is 1. The van der Waals surface area contributed by atoms with Crippen molar-refractivity contribution in [2.75, 3.05) is 6.61 Å². The van der Waals surface area contributed by atoms with Gasteiger partial charge in [0.25, 0.3) is 0 Å². The molecule has 0 saturated carbocycles. The van der Waals surface area contributed by atoms with Gasteiger partial charge in [-0.3, -0.25) is 9.53 Å². The van der Waals surface area contributed by atoms with Crippen molar-refractivity contribution in [2.45, 2.75) is 19.2 Å². The van der Waals surface area contributed by atoms with E-state index in [1.54, 1.807) is 0 Å². The number of carboxylic acid groups (broad SMARTS) is 1. The van der Waals surface area contributed by atoms with E-state index in [1.807, 2.05) is 0 Å². The Kier molecular flexibility index (Phi) is 4.92. The number of rotatable bonds is 4. The molecule has 0 atom stereocenters. The van der Waals surface area contributed by atoms with Crippen molar-refractivity contribution < 1.29 is 32.6 Å². The fraction of sp³-hybridized carbons (Fsp3) is 0.667. The molecular formula is C6H7F3NO4-. The summed E-state index contributed by atoms with van der Waals surface area (Å²) in [6, 6.07) is 0. The van der Waals surface area contributed by atoms with Crippen LogP contribution in [-0.2, 0) is 9.53 Å². The first-order chi connectivity index (χ1) is 6.31. The number of halogens is 3. The van der Waals surface area contributed by atoms with Crippen molar-refractivity contribution in [2.24, 2.45) is 0 Å². The molecule has 0 rings (SSSR count). The van der Waals surface area contributed by atoms with E-state index >= 15 is 0 Å². The fourth-order valence-electron chi connectivity index (χ4n) is 0.597. The minimum atomic E-state index is -4.73. The van der Waals surface area contributed by atoms with E-state index in [4.69, 9.17) is 0 Å². The van der Waals surface area contributed by atoms with Gasteiger partial charge in [-0.1, -0.05) is 0 Å². The second-order valence-corrected chi connectivity index (χ2v) is 2.23. The van der Waals surface area contributed by atoms with E-state index in [1.165, 1.54) is 5.32 Å². The maximum Gasteiger partial charge on any atom is 0.522 e. The minimum absolute atomic E-state index is 0.224. The van der Waals surface area contributed by atoms with Crippen LogP contribution in [0.3, 0.4) is 0 Å². The quantitative estimate of drug-likeness (QED) is 0.655. The first-order valence-corrected chi connectivity index (χ1v) is 3.53. The van der Waals surface area contributed by atoms with Gasteiger partial charge in [0.15, 0.2) is 0 Å². The van der Waals surface area contributed by atoms with E-state index in [-0.39, 0.29) is 12.8 Å². The largest absolute Gasteiger partial charge is 0.530 e. The molecule has 0 aliphatic carbocycles. The van der Waals surface area contributed by atoms with Crippen LogP contribution in [-0.4, -0.2) is 25.0 Å². The summed E-state index contributed by atoms with van der Waals surface area (Å²) in [5.74, 6) is -0.921. The zero-order valence-corrected chi connectivity index (χ0v) is 6.89. The van der Waals surface area contributed by atoms with Crippen LogP contribution in [0.2, 0.25) is 0 Å². The molecule has 0 aromatic carbocycles. The molecule has 0 aromatic heterocycles. The molecule has 14 heavy (non-hydrogen) atoms. The molecule has 1 N–H and O–H groups in total. The topological polar surface area (TPSA) is 78.5 Å². The first kappa shape index (κ1) is 12.7. The number of alkyl halides is 3. The molecule has 0 heterocycles. The summed E-state index contributed by atoms with van der Waals surface area (Å²) in [6.45, 7) is -0.691. The number of carbonyl (C=O) groups is 2. The van der Waals surface area contributed by atoms with Crippen molar-refractivity contribution in [3.63, 3.8) is 0 Å². The third-order valence-electron chi connectivity index (χ3n) is 1.06. The standard InChI is InChI=1S/C6H8F3NO4/c7-6(8,9)14-3-1-2-4(11)10-5(12)13/h1-3H2,(H,10,11)(H,12,13)/p-1. The van der Waals surface area contributed by atoms with Gasteiger partial charge in [0.2, 0.25) is 5.91 Å². The lowest BCUT2D eigenvalue weighted by Gasteiger charge is -2.07. The Labute approximate surface area is 76.8 Å². The zero-order valence-electron chi connectivity index (χ0n) is 6.89. The zero-order chi connectivity index (χ0) is 11.2. The van der Waals surface area contributed by atoms with E-state index < -0.39 is 25.0 Å². The van der Waals surface area contributed by atoms with Gasteiger partial charge in [-0.05, 0) is 6.42 Å². The third-order valence-corrected chi connectivity index (χ3v) is 1.06. The van der Waals surface area contributed by atoms with Crippen molar-refractivity contribution in [1.29, 1.82) is 0 Å². The molecule has 0 fully saturated rings. The maximum absolute atomic E-state index is 11.4. The summed E-state index contributed by atoms with van der Waals surface area (Å²) in [5, 5.41) is 11.1. The molecule has 0 bridgehead atoms. The Morgan fingerprint density at radius 3 is 2.36 bits per heavy atom. The highest BCUT2D eigenvalue weighted by atomic mass is 19.4. The summed E-state index contributed by atoms with van der Waals surface area (Å²) < 4.78 is 37.4. The fourth-order valence-corrected chi connectivity index (χ4v) is 0.597. The number of nitrogens with one attached hydrogen (secondary N) is 1. The van der Waals surface area contributed by atoms with Crippen LogP contribution in [0.1, 0.15) is 12.8 Å². The number of hydrogen-bond acceptors (Lipinski definition) is 4. The van der Waals surface area contributed by atoms with Gasteiger partial charge in [-0.15, -0.1) is 13.2 Å². The Morgan fingerprint density at radius 2 is 1.93 bits per heavy atom. The smallest absolute Gasteiger partial charge is 0.522 e. The molecule has 5 nitrogen and oxygen atoms in total. The molecule has 0 spiro atoms. The Balaban J connectivity index is 3.46. The average Bonchev–Trinajstić information content (AvgIpc) is 1.95. The lowest BCUT2D eigenvalue weighted by Crippen LogP contribution is -2.40. The molecule has 8 heteroatoms. The highest BCUT2D eigenvalue weighted by molar-refractivity contribution is 5.89. The van der Waals surface area contributed by atoms with Gasteiger partial charge in [-0.25, -0.2) is 0 Å². The van der Waals surface area contributed by atoms with Gasteiger partial charge < -0.3 is 15.2 Å². The highest BCUT2D eigenvalue weighted by Crippen LogP contribution is 2.16. The summed E-state index contributed by atoms with van der Waals surface area (Å²) in [7, 11) is 0. The van der Waals surface area contributed by atoms with Crippen molar-refractivity contribution in [3.8, 4) is 0 Å². The first-order valence-electron chi connectivity index (χ1n) is 3.53. The molecule has 2 amide bonds. The van der Waals surface area contributed by atoms with Crippen LogP contribution in [0.5, 0.6) is 0 Å². The van der Waals surface area contributed by atoms with Crippen LogP contribution in [0, 0.1) is 0 Å². The highest BCUT2D eigenvalue weighted by Gasteiger charge is 2.28. The Morgan fingerprint density at radius 1 is 1.36 bits per heavy atom. The number of hydrogen-bond donors (Lipinski definition) is 1. The molecular weight excluding hydrogens is 207 g/mol. The number of ether oxygens (including phenoxy) is 1. The van der Waals surface area contributed by atoms with E-state index in [0.29, 0.717) is 0 Å². The van der Waals surface area contributed by atoms with Crippen LogP contribution in [0.15, 0.2) is 0 Å². The number of amides is 2. The van der Waals surface area contributed by atoms with Gasteiger partial charge in [0, 0.05) is 6.42 Å². The predicted molar refractivity (Wildman–Crippen MR) is 34.8 cm³/mol. The second kappa shape index (κ2) is 5.43. The molecule has 0 aliphatic rings. The lowest BCUT2D eigenvalue weighted by molar-refractivity contribution is -0.324. The summed E-state index contributed by atoms with van der Waals surface area (Å²) in [5.41, 5.74) is 0. The van der Waals surface area contributed by atoms with Crippen LogP contribution in [0.4, 0.5) is 18.0 Å². The van der Waals surface area contributed by atoms with Crippen LogP contribution in [0.25, 0.3) is 0 Å². The van der Waals surface area contributed by atoms with E-state index in [0.717, 1.165) is 0 Å². The van der Waals surface area contributed by atoms with Crippen molar-refractivity contribution in [3.05, 3.63) is 0 Å². The molecule has 0 aliphatic heterocycles. The van der Waals surface area contributed by atoms with Gasteiger partial charge in [-0.2, -0.15) is 0 Å². The summed E-state index contributed by atoms with van der Waals surface area (Å²) in [4.78, 5) is 20.3. The van der Waals surface area contributed by atoms with Crippen molar-refractivity contribution in [1.82, 2.24) is 5.32 Å². The van der Waals surface area contributed by atoms with Crippen LogP contribution >= 0.6 is 0 Å². The maximum atomic E-state index is 11.4. The molecule has 0 unspecified atom stereocenters. The minimum Gasteiger partial charge on any atom is -0.530 e. The predicted octanol–water partition coefficient (Wildman–Crippen LogP) is -0.238. The summed E-state index contributed by atoms with van der Waals surface area (Å²) in [6.07, 6.45) is -7.11. The third kappa shape index (κ3) is 8.78. The summed E-state index contributed by atoms with van der Waals surface area (Å²) >= 11 is 0. The van der Waals surface area contributed by atoms with E-state index in [2.05, 4.69) is 4.74 Å². The molecule has 0 aromatic rings. The molecule has 0 saturated heterocycles. The van der Waals surface area contributed by atoms with Gasteiger partial charge in [0.05, 0.1) is 6.61 Å². The second-order valence-electron chi connectivity index (χ2n) is 2.23. The Hall–Kier alpha value is -1.31. The molecule has 0 radical (unpaired) electrons. The van der Waals surface area contributed by atoms with Crippen LogP contribution < -0.4 is 10.4 Å². The average molecular weight is 214 g/mol. The van der Waals surface area contributed by atoms with E-state index in [9.17, 15) is 27.9 Å². The number of carbonyl (C=O) groups excluding carboxylic acids is 2.